The molecule has 8 aromatic rings. The van der Waals surface area contributed by atoms with Gasteiger partial charge in [-0.05, 0) is 284 Å². The van der Waals surface area contributed by atoms with Crippen LogP contribution in [-0.4, -0.2) is 0 Å². The van der Waals surface area contributed by atoms with Gasteiger partial charge in [-0.2, -0.15) is 0 Å². The molecule has 0 bridgehead atoms. The Kier molecular flexibility index (Phi) is 26.4. The molecule has 0 unspecified atom stereocenters. The predicted octanol–water partition coefficient (Wildman–Crippen LogP) is 26.8. The summed E-state index contributed by atoms with van der Waals surface area (Å²) in [5, 5.41) is 0. The molecule has 8 aromatic carbocycles. The summed E-state index contributed by atoms with van der Waals surface area (Å²) in [7, 11) is 0. The van der Waals surface area contributed by atoms with Gasteiger partial charge >= 0.3 is 0 Å². The van der Waals surface area contributed by atoms with Crippen LogP contribution in [0.4, 0.5) is 0 Å². The van der Waals surface area contributed by atoms with Crippen LogP contribution in [-0.2, 0) is 0 Å². The van der Waals surface area contributed by atoms with Gasteiger partial charge in [0.05, 0.1) is 0 Å². The molecule has 0 aromatic heterocycles. The van der Waals surface area contributed by atoms with E-state index in [1.165, 1.54) is 217 Å². The van der Waals surface area contributed by atoms with Crippen LogP contribution in [0.2, 0.25) is 0 Å². The molecule has 0 saturated heterocycles. The molecule has 4 saturated carbocycles. The molecule has 0 amide bonds. The van der Waals surface area contributed by atoms with Gasteiger partial charge in [0.1, 0.15) is 0 Å². The van der Waals surface area contributed by atoms with Gasteiger partial charge in [0.25, 0.3) is 0 Å². The molecule has 0 nitrogen and oxygen atoms in total. The normalized spacial score (nSPS) is 21.6. The maximum Gasteiger partial charge on any atom is -0.0162 e. The van der Waals surface area contributed by atoms with E-state index in [2.05, 4.69) is 285 Å². The highest BCUT2D eigenvalue weighted by atomic mass is 14.3. The first-order chi connectivity index (χ1) is 44.0. The summed E-state index contributed by atoms with van der Waals surface area (Å²) < 4.78 is 0. The molecule has 12 rings (SSSR count). The SMILES string of the molecule is C/C=C/C1CCC(c2ccc(-c3ccc(C)cc3)cc2)CC1.C/C=C/CCC1CCC(c2ccc(-c3ccc(C)cc3)cc2)CC1.C=CC1CCC(c2ccc(-c3ccc(C)cc3)cc2)CC1.C=CCCC1CCC(c2ccc(-c3ccc(C)cc3)cc2)CC1. The molecular weight excluding hydrogens is 1080 g/mol. The minimum absolute atomic E-state index is 0.744. The Morgan fingerprint density at radius 2 is 0.533 bits per heavy atom. The van der Waals surface area contributed by atoms with Crippen LogP contribution in [0.1, 0.15) is 210 Å². The van der Waals surface area contributed by atoms with Crippen LogP contribution in [0.5, 0.6) is 0 Å². The molecule has 4 fully saturated rings. The van der Waals surface area contributed by atoms with E-state index in [1.807, 2.05) is 0 Å². The van der Waals surface area contributed by atoms with Crippen LogP contribution in [0, 0.1) is 51.4 Å². The van der Waals surface area contributed by atoms with Crippen molar-refractivity contribution in [1.82, 2.24) is 0 Å². The summed E-state index contributed by atoms with van der Waals surface area (Å²) >= 11 is 0. The number of aryl methyl sites for hydroxylation is 4. The smallest absolute Gasteiger partial charge is 0.0162 e. The second-order valence-electron chi connectivity index (χ2n) is 27.4. The summed E-state index contributed by atoms with van der Waals surface area (Å²) in [6, 6.07) is 72.3. The number of hydrogen-bond donors (Lipinski definition) is 0. The minimum Gasteiger partial charge on any atom is -0.103 e. The van der Waals surface area contributed by atoms with Crippen LogP contribution >= 0.6 is 0 Å². The van der Waals surface area contributed by atoms with Crippen LogP contribution in [0.3, 0.4) is 0 Å². The highest BCUT2D eigenvalue weighted by Crippen LogP contribution is 2.42. The molecule has 0 aliphatic heterocycles. The lowest BCUT2D eigenvalue weighted by molar-refractivity contribution is 0.312. The van der Waals surface area contributed by atoms with Crippen LogP contribution in [0.25, 0.3) is 44.5 Å². The lowest BCUT2D eigenvalue weighted by atomic mass is 9.77. The van der Waals surface area contributed by atoms with Crippen LogP contribution < -0.4 is 0 Å². The molecule has 0 N–H and O–H groups in total. The molecule has 4 aliphatic rings. The Hall–Kier alpha value is -7.28. The number of benzene rings is 8. The molecule has 0 heterocycles. The molecule has 4 aliphatic carbocycles. The molecule has 0 radical (unpaired) electrons. The Morgan fingerprint density at radius 3 is 0.778 bits per heavy atom. The average Bonchev–Trinajstić information content (AvgIpc) is 3.67. The van der Waals surface area contributed by atoms with Gasteiger partial charge in [-0.25, -0.2) is 0 Å². The van der Waals surface area contributed by atoms with E-state index in [4.69, 9.17) is 0 Å². The van der Waals surface area contributed by atoms with Crippen molar-refractivity contribution in [1.29, 1.82) is 0 Å². The average molecular weight is 1190 g/mol. The molecular formula is C90H108. The van der Waals surface area contributed by atoms with Gasteiger partial charge in [-0.15, -0.1) is 13.2 Å². The van der Waals surface area contributed by atoms with Gasteiger partial charge in [0, 0.05) is 0 Å². The van der Waals surface area contributed by atoms with E-state index in [1.54, 1.807) is 0 Å². The maximum atomic E-state index is 3.93. The number of hydrogen-bond acceptors (Lipinski definition) is 0. The largest absolute Gasteiger partial charge is 0.103 e. The van der Waals surface area contributed by atoms with E-state index in [0.29, 0.717) is 0 Å². The third kappa shape index (κ3) is 20.4. The summed E-state index contributed by atoms with van der Waals surface area (Å²) in [6.45, 7) is 20.6. The Labute approximate surface area is 546 Å². The standard InChI is InChI=1S/C24H30.C23H28.C22H26.C21H24/c1-3-4-5-6-20-9-13-22(14-10-20)24-17-15-23(16-18-24)21-11-7-19(2)8-12-21;1-3-4-5-19-8-12-21(13-9-19)23-16-14-22(15-17-23)20-10-6-18(2)7-11-20;1-3-4-18-7-11-20(12-8-18)22-15-13-21(14-16-22)19-9-5-17(2)6-10-19;1-3-17-6-10-19(11-7-17)21-14-12-20(13-15-21)18-8-4-16(2)5-9-18/h3-4,7-8,11-12,15-18,20,22H,5-6,9-10,13-14H2,1-2H3;3,6-7,10-11,14-17,19,21H,1,4-5,8-9,12-13H2,2H3;3-6,9-10,13-16,18,20H,7-8,11-12H2,1-2H3;3-5,8-9,12-15,17,19H,1,6-7,10-11H2,2H3/b4-3+;;4-3+;. The molecule has 468 valence electrons. The fourth-order valence-electron chi connectivity index (χ4n) is 14.8. The van der Waals surface area contributed by atoms with Crippen molar-refractivity contribution >= 4 is 0 Å². The van der Waals surface area contributed by atoms with Gasteiger partial charge in [0.2, 0.25) is 0 Å². The van der Waals surface area contributed by atoms with Gasteiger partial charge < -0.3 is 0 Å². The zero-order chi connectivity index (χ0) is 62.9. The predicted molar refractivity (Wildman–Crippen MR) is 394 cm³/mol. The highest BCUT2D eigenvalue weighted by Gasteiger charge is 2.25. The van der Waals surface area contributed by atoms with Gasteiger partial charge in [0.15, 0.2) is 0 Å². The van der Waals surface area contributed by atoms with Crippen molar-refractivity contribution in [3.05, 3.63) is 288 Å². The number of rotatable bonds is 16. The van der Waals surface area contributed by atoms with Crippen molar-refractivity contribution in [2.45, 2.75) is 194 Å². The third-order valence-corrected chi connectivity index (χ3v) is 20.9. The fraction of sp³-hybridized carbons (Fsp3) is 0.378. The van der Waals surface area contributed by atoms with E-state index < -0.39 is 0 Å². The zero-order valence-corrected chi connectivity index (χ0v) is 56.1. The summed E-state index contributed by atoms with van der Waals surface area (Å²) in [5.74, 6) is 6.47. The molecule has 0 spiro atoms. The van der Waals surface area contributed by atoms with E-state index in [0.717, 1.165) is 47.3 Å². The first-order valence-electron chi connectivity index (χ1n) is 35.2. The number of allylic oxidation sites excluding steroid dienone is 6. The van der Waals surface area contributed by atoms with Crippen molar-refractivity contribution in [2.24, 2.45) is 23.7 Å². The minimum atomic E-state index is 0.744. The van der Waals surface area contributed by atoms with Gasteiger partial charge in [-0.1, -0.05) is 253 Å². The maximum absolute atomic E-state index is 3.93. The van der Waals surface area contributed by atoms with Crippen molar-refractivity contribution in [3.8, 4) is 44.5 Å². The van der Waals surface area contributed by atoms with E-state index in [9.17, 15) is 0 Å². The van der Waals surface area contributed by atoms with Gasteiger partial charge in [-0.3, -0.25) is 0 Å². The second-order valence-corrected chi connectivity index (χ2v) is 27.4. The Bertz CT molecular complexity index is 3370. The highest BCUT2D eigenvalue weighted by molar-refractivity contribution is 5.67. The first kappa shape index (κ1) is 67.1. The molecule has 0 heteroatoms. The summed E-state index contributed by atoms with van der Waals surface area (Å²) in [4.78, 5) is 0. The third-order valence-electron chi connectivity index (χ3n) is 20.9. The quantitative estimate of drug-likeness (QED) is 0.0846. The lowest BCUT2D eigenvalue weighted by Crippen LogP contribution is -2.13. The van der Waals surface area contributed by atoms with Crippen LogP contribution in [0.15, 0.2) is 244 Å². The summed E-state index contributed by atoms with van der Waals surface area (Å²) in [6.07, 6.45) is 40.0. The van der Waals surface area contributed by atoms with Crippen molar-refractivity contribution < 1.29 is 0 Å². The van der Waals surface area contributed by atoms with Crippen molar-refractivity contribution in [2.75, 3.05) is 0 Å². The van der Waals surface area contributed by atoms with E-state index >= 15 is 0 Å². The van der Waals surface area contributed by atoms with E-state index in [-0.39, 0.29) is 0 Å². The Morgan fingerprint density at radius 1 is 0.289 bits per heavy atom. The first-order valence-corrected chi connectivity index (χ1v) is 35.2. The topological polar surface area (TPSA) is 0 Å². The lowest BCUT2D eigenvalue weighted by Gasteiger charge is -2.28. The zero-order valence-electron chi connectivity index (χ0n) is 56.1. The van der Waals surface area contributed by atoms with Crippen molar-refractivity contribution in [3.63, 3.8) is 0 Å². The summed E-state index contributed by atoms with van der Waals surface area (Å²) in [5.41, 5.74) is 21.9. The Balaban J connectivity index is 0.000000142. The monoisotopic (exact) mass is 1190 g/mol. The molecule has 90 heavy (non-hydrogen) atoms. The fourth-order valence-corrected chi connectivity index (χ4v) is 14.8. The molecule has 0 atom stereocenters. The second kappa shape index (κ2) is 35.4.